The molecule has 0 aliphatic rings. The molecular weight excluding hydrogens is 317 g/mol. The molecule has 22 heavy (non-hydrogen) atoms. The Labute approximate surface area is 140 Å². The van der Waals surface area contributed by atoms with Gasteiger partial charge < -0.3 is 0 Å². The van der Waals surface area contributed by atoms with E-state index in [-0.39, 0.29) is 6.04 Å². The molecule has 0 aliphatic heterocycles. The molecule has 0 aromatic heterocycles. The molecule has 0 bridgehead atoms. The van der Waals surface area contributed by atoms with E-state index in [0.29, 0.717) is 10.0 Å². The zero-order valence-electron chi connectivity index (χ0n) is 12.3. The second-order valence-corrected chi connectivity index (χ2v) is 6.01. The van der Waals surface area contributed by atoms with E-state index in [2.05, 4.69) is 16.3 Å². The number of hydrogen-bond donors (Lipinski definition) is 0. The standard InChI is InChI=1S/C17H15Cl2N3/c1-12(13-3-7-15(18)8-4-13)21-22-17(2,11-20)14-5-9-16(19)10-6-14/h3-10,12H,1-2H3. The first kappa shape index (κ1) is 16.5. The van der Waals surface area contributed by atoms with Gasteiger partial charge in [0.05, 0.1) is 12.1 Å². The van der Waals surface area contributed by atoms with Crippen LogP contribution in [0.2, 0.25) is 10.0 Å². The van der Waals surface area contributed by atoms with Crippen LogP contribution in [0.5, 0.6) is 0 Å². The zero-order chi connectivity index (χ0) is 16.2. The Hall–Kier alpha value is -1.89. The molecule has 0 saturated heterocycles. The number of nitrogens with zero attached hydrogens (tertiary/aromatic N) is 3. The van der Waals surface area contributed by atoms with Crippen molar-refractivity contribution in [1.29, 1.82) is 5.26 Å². The fourth-order valence-corrected chi connectivity index (χ4v) is 2.18. The van der Waals surface area contributed by atoms with Crippen molar-refractivity contribution in [2.45, 2.75) is 25.4 Å². The van der Waals surface area contributed by atoms with Crippen LogP contribution in [0, 0.1) is 11.3 Å². The van der Waals surface area contributed by atoms with E-state index in [1.54, 1.807) is 31.2 Å². The SMILES string of the molecule is CC(N=NC(C)(C#N)c1ccc(Cl)cc1)c1ccc(Cl)cc1. The molecule has 2 aromatic carbocycles. The third-order valence-corrected chi connectivity index (χ3v) is 3.91. The molecule has 0 N–H and O–H groups in total. The van der Waals surface area contributed by atoms with Crippen molar-refractivity contribution >= 4 is 23.2 Å². The summed E-state index contributed by atoms with van der Waals surface area (Å²) in [5.41, 5.74) is 0.710. The molecule has 2 unspecified atom stereocenters. The van der Waals surface area contributed by atoms with Crippen molar-refractivity contribution in [2.24, 2.45) is 10.2 Å². The fraction of sp³-hybridized carbons (Fsp3) is 0.235. The lowest BCUT2D eigenvalue weighted by molar-refractivity contribution is 0.566. The molecule has 3 nitrogen and oxygen atoms in total. The summed E-state index contributed by atoms with van der Waals surface area (Å²) in [6.07, 6.45) is 0. The molecular formula is C17H15Cl2N3. The highest BCUT2D eigenvalue weighted by molar-refractivity contribution is 6.30. The van der Waals surface area contributed by atoms with Gasteiger partial charge in [0.15, 0.2) is 5.54 Å². The minimum Gasteiger partial charge on any atom is -0.195 e. The summed E-state index contributed by atoms with van der Waals surface area (Å²) in [4.78, 5) is 0. The van der Waals surface area contributed by atoms with E-state index in [1.165, 1.54) is 0 Å². The molecule has 0 heterocycles. The first-order valence-corrected chi connectivity index (χ1v) is 7.55. The van der Waals surface area contributed by atoms with Crippen LogP contribution < -0.4 is 0 Å². The average molecular weight is 332 g/mol. The van der Waals surface area contributed by atoms with Crippen LogP contribution in [-0.4, -0.2) is 0 Å². The molecule has 5 heteroatoms. The minimum atomic E-state index is -1.04. The summed E-state index contributed by atoms with van der Waals surface area (Å²) in [6, 6.07) is 16.5. The topological polar surface area (TPSA) is 48.5 Å². The van der Waals surface area contributed by atoms with Crippen LogP contribution in [-0.2, 0) is 5.54 Å². The molecule has 2 rings (SSSR count). The van der Waals surface area contributed by atoms with Crippen LogP contribution in [0.3, 0.4) is 0 Å². The van der Waals surface area contributed by atoms with Gasteiger partial charge in [0.25, 0.3) is 0 Å². The molecule has 0 radical (unpaired) electrons. The van der Waals surface area contributed by atoms with E-state index in [9.17, 15) is 5.26 Å². The quantitative estimate of drug-likeness (QED) is 0.639. The Morgan fingerprint density at radius 1 is 1.00 bits per heavy atom. The van der Waals surface area contributed by atoms with Gasteiger partial charge in [0.1, 0.15) is 0 Å². The highest BCUT2D eigenvalue weighted by Crippen LogP contribution is 2.28. The fourth-order valence-electron chi connectivity index (χ4n) is 1.93. The second kappa shape index (κ2) is 6.91. The van der Waals surface area contributed by atoms with Gasteiger partial charge in [0.2, 0.25) is 0 Å². The number of hydrogen-bond acceptors (Lipinski definition) is 3. The minimum absolute atomic E-state index is 0.155. The van der Waals surface area contributed by atoms with Crippen LogP contribution in [0.1, 0.15) is 31.0 Å². The molecule has 0 aliphatic carbocycles. The van der Waals surface area contributed by atoms with Crippen molar-refractivity contribution in [3.63, 3.8) is 0 Å². The summed E-state index contributed by atoms with van der Waals surface area (Å²) in [5, 5.41) is 19.3. The molecule has 112 valence electrons. The lowest BCUT2D eigenvalue weighted by atomic mass is 9.95. The first-order chi connectivity index (χ1) is 10.4. The Balaban J connectivity index is 2.23. The van der Waals surface area contributed by atoms with Crippen molar-refractivity contribution in [1.82, 2.24) is 0 Å². The van der Waals surface area contributed by atoms with Crippen molar-refractivity contribution in [3.8, 4) is 6.07 Å². The van der Waals surface area contributed by atoms with E-state index in [1.807, 2.05) is 31.2 Å². The second-order valence-electron chi connectivity index (χ2n) is 5.13. The molecule has 0 spiro atoms. The van der Waals surface area contributed by atoms with Gasteiger partial charge in [-0.05, 0) is 49.2 Å². The van der Waals surface area contributed by atoms with E-state index in [0.717, 1.165) is 11.1 Å². The monoisotopic (exact) mass is 331 g/mol. The van der Waals surface area contributed by atoms with Gasteiger partial charge in [-0.2, -0.15) is 15.5 Å². The number of benzene rings is 2. The molecule has 0 amide bonds. The van der Waals surface area contributed by atoms with Gasteiger partial charge in [-0.3, -0.25) is 0 Å². The Morgan fingerprint density at radius 3 is 2.00 bits per heavy atom. The molecule has 2 aromatic rings. The van der Waals surface area contributed by atoms with Crippen LogP contribution >= 0.6 is 23.2 Å². The Bertz CT molecular complexity index is 702. The van der Waals surface area contributed by atoms with Crippen LogP contribution in [0.25, 0.3) is 0 Å². The van der Waals surface area contributed by atoms with Crippen LogP contribution in [0.15, 0.2) is 58.8 Å². The van der Waals surface area contributed by atoms with E-state index in [4.69, 9.17) is 23.2 Å². The highest BCUT2D eigenvalue weighted by atomic mass is 35.5. The molecule has 0 fully saturated rings. The van der Waals surface area contributed by atoms with E-state index >= 15 is 0 Å². The van der Waals surface area contributed by atoms with Gasteiger partial charge in [-0.1, -0.05) is 47.5 Å². The summed E-state index contributed by atoms with van der Waals surface area (Å²) in [6.45, 7) is 3.65. The smallest absolute Gasteiger partial charge is 0.189 e. The lowest BCUT2D eigenvalue weighted by Crippen LogP contribution is -2.15. The highest BCUT2D eigenvalue weighted by Gasteiger charge is 2.26. The number of rotatable bonds is 4. The number of azo groups is 1. The van der Waals surface area contributed by atoms with Gasteiger partial charge in [-0.25, -0.2) is 0 Å². The maximum atomic E-state index is 9.47. The largest absolute Gasteiger partial charge is 0.195 e. The average Bonchev–Trinajstić information content (AvgIpc) is 2.53. The summed E-state index contributed by atoms with van der Waals surface area (Å²) in [7, 11) is 0. The zero-order valence-corrected chi connectivity index (χ0v) is 13.8. The summed E-state index contributed by atoms with van der Waals surface area (Å²) < 4.78 is 0. The predicted octanol–water partition coefficient (Wildman–Crippen LogP) is 5.95. The van der Waals surface area contributed by atoms with Crippen LogP contribution in [0.4, 0.5) is 0 Å². The van der Waals surface area contributed by atoms with Crippen molar-refractivity contribution in [3.05, 3.63) is 69.7 Å². The third-order valence-electron chi connectivity index (χ3n) is 3.41. The van der Waals surface area contributed by atoms with Crippen molar-refractivity contribution < 1.29 is 0 Å². The molecule has 0 saturated carbocycles. The number of nitriles is 1. The van der Waals surface area contributed by atoms with Gasteiger partial charge >= 0.3 is 0 Å². The first-order valence-electron chi connectivity index (χ1n) is 6.79. The number of halogens is 2. The Kier molecular flexibility index (Phi) is 5.18. The van der Waals surface area contributed by atoms with Crippen molar-refractivity contribution in [2.75, 3.05) is 0 Å². The summed E-state index contributed by atoms with van der Waals surface area (Å²) in [5.74, 6) is 0. The van der Waals surface area contributed by atoms with E-state index < -0.39 is 5.54 Å². The molecule has 2 atom stereocenters. The van der Waals surface area contributed by atoms with Gasteiger partial charge in [-0.15, -0.1) is 0 Å². The Morgan fingerprint density at radius 2 is 1.50 bits per heavy atom. The third kappa shape index (κ3) is 3.85. The predicted molar refractivity (Wildman–Crippen MR) is 89.1 cm³/mol. The van der Waals surface area contributed by atoms with Gasteiger partial charge in [0, 0.05) is 10.0 Å². The normalized spacial score (nSPS) is 15.2. The maximum Gasteiger partial charge on any atom is 0.189 e. The summed E-state index contributed by atoms with van der Waals surface area (Å²) >= 11 is 11.8. The maximum absolute atomic E-state index is 9.47. The lowest BCUT2D eigenvalue weighted by Gasteiger charge is -2.16.